The summed E-state index contributed by atoms with van der Waals surface area (Å²) in [5, 5.41) is 16.3. The zero-order chi connectivity index (χ0) is 22.3. The van der Waals surface area contributed by atoms with Gasteiger partial charge in [-0.15, -0.1) is 0 Å². The molecular formula is C20H28F3N3O4. The summed E-state index contributed by atoms with van der Waals surface area (Å²) in [7, 11) is 2.23. The Morgan fingerprint density at radius 1 is 1.13 bits per heavy atom. The summed E-state index contributed by atoms with van der Waals surface area (Å²) in [6, 6.07) is 6.57. The second-order valence-corrected chi connectivity index (χ2v) is 7.75. The van der Waals surface area contributed by atoms with E-state index in [-0.39, 0.29) is 0 Å². The first-order valence-electron chi connectivity index (χ1n) is 9.95. The largest absolute Gasteiger partial charge is 0.539 e. The van der Waals surface area contributed by atoms with Crippen molar-refractivity contribution in [3.05, 3.63) is 35.4 Å². The summed E-state index contributed by atoms with van der Waals surface area (Å²) in [5.41, 5.74) is -0.0965. The predicted octanol–water partition coefficient (Wildman–Crippen LogP) is -0.679. The summed E-state index contributed by atoms with van der Waals surface area (Å²) >= 11 is 0. The van der Waals surface area contributed by atoms with Gasteiger partial charge in [-0.25, -0.2) is 4.79 Å². The molecule has 168 valence electrons. The number of aliphatic carboxylic acids is 2. The molecule has 2 saturated heterocycles. The standard InChI is InChI=1S/C18H26F3N3.C2H2O4/c1-22-10-12-24(13-11-22)16-6-8-23(9-7-16)14-15-4-2-3-5-17(15)18(19,20)21;3-1(4)2(5)6/h2-5,16H,6-14H2,1H3;(H,3,4)(H,5,6). The lowest BCUT2D eigenvalue weighted by Gasteiger charge is -2.41. The number of carboxylic acids is 2. The SMILES string of the molecule is C[NH+]1CCN(C2CCN(Cc3ccccc3C(F)(F)F)CC2)CC1.O=C([O-])C(=O)O. The number of nitrogens with one attached hydrogen (secondary N) is 1. The van der Waals surface area contributed by atoms with Crippen molar-refractivity contribution < 1.29 is 37.9 Å². The van der Waals surface area contributed by atoms with Crippen LogP contribution in [0.25, 0.3) is 0 Å². The quantitative estimate of drug-likeness (QED) is 0.617. The number of hydrogen-bond acceptors (Lipinski definition) is 5. The van der Waals surface area contributed by atoms with Crippen LogP contribution in [-0.2, 0) is 22.3 Å². The van der Waals surface area contributed by atoms with Crippen molar-refractivity contribution in [3.63, 3.8) is 0 Å². The Morgan fingerprint density at radius 3 is 2.17 bits per heavy atom. The van der Waals surface area contributed by atoms with E-state index in [1.54, 1.807) is 17.0 Å². The van der Waals surface area contributed by atoms with E-state index in [1.807, 2.05) is 0 Å². The maximum absolute atomic E-state index is 13.1. The van der Waals surface area contributed by atoms with E-state index < -0.39 is 23.7 Å². The third-order valence-electron chi connectivity index (χ3n) is 5.62. The van der Waals surface area contributed by atoms with Crippen molar-refractivity contribution in [3.8, 4) is 0 Å². The van der Waals surface area contributed by atoms with Gasteiger partial charge in [0.15, 0.2) is 5.97 Å². The first-order chi connectivity index (χ1) is 14.1. The third-order valence-corrected chi connectivity index (χ3v) is 5.62. The topological polar surface area (TPSA) is 88.4 Å². The number of carboxylic acid groups (broad SMARTS) is 2. The molecule has 2 heterocycles. The molecule has 2 aliphatic heterocycles. The lowest BCUT2D eigenvalue weighted by molar-refractivity contribution is -0.884. The molecule has 0 aliphatic carbocycles. The van der Waals surface area contributed by atoms with Gasteiger partial charge in [0.05, 0.1) is 25.7 Å². The highest BCUT2D eigenvalue weighted by Crippen LogP contribution is 2.32. The normalized spacial score (nSPS) is 19.7. The third kappa shape index (κ3) is 7.26. The highest BCUT2D eigenvalue weighted by Gasteiger charge is 2.34. The lowest BCUT2D eigenvalue weighted by atomic mass is 10.0. The molecule has 0 spiro atoms. The molecule has 1 aromatic carbocycles. The molecule has 0 radical (unpaired) electrons. The summed E-state index contributed by atoms with van der Waals surface area (Å²) in [5.74, 6) is -4.01. The molecule has 0 amide bonds. The van der Waals surface area contributed by atoms with Gasteiger partial charge < -0.3 is 19.9 Å². The fourth-order valence-electron chi connectivity index (χ4n) is 3.89. The fourth-order valence-corrected chi connectivity index (χ4v) is 3.89. The molecule has 2 fully saturated rings. The Morgan fingerprint density at radius 2 is 1.67 bits per heavy atom. The highest BCUT2D eigenvalue weighted by atomic mass is 19.4. The van der Waals surface area contributed by atoms with Gasteiger partial charge in [0, 0.05) is 25.7 Å². The van der Waals surface area contributed by atoms with E-state index in [2.05, 4.69) is 16.8 Å². The number of hydrogen-bond donors (Lipinski definition) is 2. The van der Waals surface area contributed by atoms with E-state index in [4.69, 9.17) is 19.8 Å². The number of carbonyl (C=O) groups is 2. The second-order valence-electron chi connectivity index (χ2n) is 7.75. The van der Waals surface area contributed by atoms with Crippen LogP contribution in [0.4, 0.5) is 13.2 Å². The lowest BCUT2D eigenvalue weighted by Crippen LogP contribution is -3.12. The summed E-state index contributed by atoms with van der Waals surface area (Å²) in [6.45, 7) is 6.85. The van der Waals surface area contributed by atoms with Crippen LogP contribution < -0.4 is 10.0 Å². The van der Waals surface area contributed by atoms with Crippen molar-refractivity contribution in [1.82, 2.24) is 9.80 Å². The van der Waals surface area contributed by atoms with Gasteiger partial charge in [-0.2, -0.15) is 13.2 Å². The van der Waals surface area contributed by atoms with Crippen LogP contribution in [0, 0.1) is 0 Å². The minimum absolute atomic E-state index is 0.395. The van der Waals surface area contributed by atoms with E-state index in [0.717, 1.165) is 39.0 Å². The molecular weight excluding hydrogens is 403 g/mol. The summed E-state index contributed by atoms with van der Waals surface area (Å²) in [4.78, 5) is 24.4. The molecule has 0 bridgehead atoms. The van der Waals surface area contributed by atoms with Crippen molar-refractivity contribution in [2.75, 3.05) is 46.3 Å². The molecule has 0 unspecified atom stereocenters. The number of piperidine rings is 1. The Bertz CT molecular complexity index is 701. The number of alkyl halides is 3. The first-order valence-corrected chi connectivity index (χ1v) is 9.95. The van der Waals surface area contributed by atoms with Crippen LogP contribution in [0.5, 0.6) is 0 Å². The molecule has 2 N–H and O–H groups in total. The monoisotopic (exact) mass is 431 g/mol. The van der Waals surface area contributed by atoms with Crippen LogP contribution in [-0.4, -0.2) is 79.2 Å². The van der Waals surface area contributed by atoms with E-state index >= 15 is 0 Å². The molecule has 1 aromatic rings. The van der Waals surface area contributed by atoms with Crippen LogP contribution in [0.1, 0.15) is 24.0 Å². The molecule has 30 heavy (non-hydrogen) atoms. The Hall–Kier alpha value is -2.17. The number of carbonyl (C=O) groups excluding carboxylic acids is 1. The number of quaternary nitrogens is 1. The molecule has 0 atom stereocenters. The van der Waals surface area contributed by atoms with Gasteiger partial charge in [-0.05, 0) is 37.6 Å². The number of nitrogens with zero attached hydrogens (tertiary/aromatic N) is 2. The number of benzene rings is 1. The average Bonchev–Trinajstić information content (AvgIpc) is 2.69. The summed E-state index contributed by atoms with van der Waals surface area (Å²) in [6.07, 6.45) is -2.14. The fraction of sp³-hybridized carbons (Fsp3) is 0.600. The number of likely N-dealkylation sites (tertiary alicyclic amines) is 1. The number of halogens is 3. The zero-order valence-corrected chi connectivity index (χ0v) is 17.0. The number of rotatable bonds is 3. The van der Waals surface area contributed by atoms with Crippen LogP contribution in [0.2, 0.25) is 0 Å². The number of likely N-dealkylation sites (N-methyl/N-ethyl adjacent to an activating group) is 1. The molecule has 7 nitrogen and oxygen atoms in total. The molecule has 0 saturated carbocycles. The minimum Gasteiger partial charge on any atom is -0.539 e. The van der Waals surface area contributed by atoms with E-state index in [9.17, 15) is 13.2 Å². The Kier molecular flexibility index (Phi) is 8.63. The molecule has 0 aromatic heterocycles. The second kappa shape index (κ2) is 10.7. The van der Waals surface area contributed by atoms with Crippen LogP contribution >= 0.6 is 0 Å². The predicted molar refractivity (Wildman–Crippen MR) is 101 cm³/mol. The maximum atomic E-state index is 13.1. The van der Waals surface area contributed by atoms with Crippen molar-refractivity contribution in [1.29, 1.82) is 0 Å². The molecule has 3 rings (SSSR count). The maximum Gasteiger partial charge on any atom is 0.416 e. The van der Waals surface area contributed by atoms with Crippen molar-refractivity contribution in [2.45, 2.75) is 31.6 Å². The Labute approximate surface area is 173 Å². The van der Waals surface area contributed by atoms with Crippen molar-refractivity contribution >= 4 is 11.9 Å². The van der Waals surface area contributed by atoms with Crippen LogP contribution in [0.3, 0.4) is 0 Å². The van der Waals surface area contributed by atoms with Gasteiger partial charge in [-0.1, -0.05) is 18.2 Å². The first kappa shape index (κ1) is 24.1. The van der Waals surface area contributed by atoms with Gasteiger partial charge in [0.1, 0.15) is 0 Å². The summed E-state index contributed by atoms with van der Waals surface area (Å²) < 4.78 is 39.3. The van der Waals surface area contributed by atoms with E-state index in [0.29, 0.717) is 18.2 Å². The minimum atomic E-state index is -4.27. The zero-order valence-electron chi connectivity index (χ0n) is 17.0. The van der Waals surface area contributed by atoms with Gasteiger partial charge in [0.25, 0.3) is 0 Å². The molecule has 10 heteroatoms. The smallest absolute Gasteiger partial charge is 0.416 e. The highest BCUT2D eigenvalue weighted by molar-refractivity contribution is 6.26. The average molecular weight is 431 g/mol. The van der Waals surface area contributed by atoms with Crippen LogP contribution in [0.15, 0.2) is 24.3 Å². The molecule has 2 aliphatic rings. The van der Waals surface area contributed by atoms with E-state index in [1.165, 1.54) is 25.2 Å². The van der Waals surface area contributed by atoms with Gasteiger partial charge in [-0.3, -0.25) is 9.80 Å². The number of piperazine rings is 1. The Balaban J connectivity index is 0.000000469. The van der Waals surface area contributed by atoms with Crippen molar-refractivity contribution in [2.24, 2.45) is 0 Å². The van der Waals surface area contributed by atoms with Gasteiger partial charge >= 0.3 is 12.1 Å². The van der Waals surface area contributed by atoms with Gasteiger partial charge in [0.2, 0.25) is 0 Å².